The number of methoxy groups -OCH3 is 1. The Hall–Kier alpha value is -1.62. The first-order valence-corrected chi connectivity index (χ1v) is 4.85. The van der Waals surface area contributed by atoms with Crippen molar-refractivity contribution in [2.45, 2.75) is 12.8 Å². The van der Waals surface area contributed by atoms with Crippen LogP contribution in [-0.2, 0) is 0 Å². The summed E-state index contributed by atoms with van der Waals surface area (Å²) in [5.41, 5.74) is 7.44. The van der Waals surface area contributed by atoms with Gasteiger partial charge in [-0.2, -0.15) is 0 Å². The Kier molecular flexibility index (Phi) is 2.55. The third-order valence-corrected chi connectivity index (χ3v) is 2.43. The smallest absolute Gasteiger partial charge is 0.231 e. The molecule has 0 aromatic carbocycles. The summed E-state index contributed by atoms with van der Waals surface area (Å²) in [6, 6.07) is 3.66. The van der Waals surface area contributed by atoms with Crippen LogP contribution in [0.25, 0.3) is 5.65 Å². The van der Waals surface area contributed by atoms with Crippen LogP contribution in [0.2, 0.25) is 0 Å². The molecular weight excluding hydrogens is 192 g/mol. The van der Waals surface area contributed by atoms with Gasteiger partial charge in [0.05, 0.1) is 19.0 Å². The summed E-state index contributed by atoms with van der Waals surface area (Å²) >= 11 is 0. The molecule has 0 bridgehead atoms. The van der Waals surface area contributed by atoms with Crippen molar-refractivity contribution in [1.82, 2.24) is 14.6 Å². The molecule has 1 unspecified atom stereocenters. The second-order valence-corrected chi connectivity index (χ2v) is 3.47. The van der Waals surface area contributed by atoms with E-state index in [1.54, 1.807) is 23.9 Å². The van der Waals surface area contributed by atoms with Gasteiger partial charge >= 0.3 is 0 Å². The highest BCUT2D eigenvalue weighted by Gasteiger charge is 2.11. The van der Waals surface area contributed by atoms with Crippen LogP contribution in [0.1, 0.15) is 18.5 Å². The predicted octanol–water partition coefficient (Wildman–Crippen LogP) is 0.800. The monoisotopic (exact) mass is 206 g/mol. The molecule has 5 heteroatoms. The molecule has 0 radical (unpaired) electrons. The number of ether oxygens (including phenoxy) is 1. The first-order chi connectivity index (χ1) is 7.26. The van der Waals surface area contributed by atoms with Gasteiger partial charge in [-0.05, 0) is 6.07 Å². The number of nitrogens with two attached hydrogens (primary N) is 1. The van der Waals surface area contributed by atoms with Gasteiger partial charge in [-0.25, -0.2) is 9.50 Å². The number of aromatic nitrogens is 3. The molecule has 2 rings (SSSR count). The Morgan fingerprint density at radius 3 is 3.00 bits per heavy atom. The molecule has 0 spiro atoms. The van der Waals surface area contributed by atoms with Gasteiger partial charge in [0, 0.05) is 18.5 Å². The summed E-state index contributed by atoms with van der Waals surface area (Å²) in [5, 5.41) is 4.30. The van der Waals surface area contributed by atoms with Gasteiger partial charge in [-0.1, -0.05) is 6.92 Å². The number of imidazole rings is 1. The van der Waals surface area contributed by atoms with E-state index in [1.807, 2.05) is 13.0 Å². The molecule has 0 aliphatic carbocycles. The summed E-state index contributed by atoms with van der Waals surface area (Å²) in [6.45, 7) is 2.62. The zero-order chi connectivity index (χ0) is 10.8. The minimum Gasteiger partial charge on any atom is -0.480 e. The van der Waals surface area contributed by atoms with Gasteiger partial charge in [0.2, 0.25) is 5.88 Å². The maximum atomic E-state index is 5.62. The van der Waals surface area contributed by atoms with Crippen molar-refractivity contribution in [2.24, 2.45) is 5.73 Å². The number of hydrogen-bond donors (Lipinski definition) is 1. The summed E-state index contributed by atoms with van der Waals surface area (Å²) in [6.07, 6.45) is 1.80. The standard InChI is InChI=1S/C10H14N4O/c1-7(5-11)8-6-12-9-3-4-10(15-2)13-14(8)9/h3-4,6-7H,5,11H2,1-2H3. The van der Waals surface area contributed by atoms with Crippen LogP contribution in [0.3, 0.4) is 0 Å². The van der Waals surface area contributed by atoms with Crippen molar-refractivity contribution >= 4 is 5.65 Å². The second-order valence-electron chi connectivity index (χ2n) is 3.47. The molecule has 1 atom stereocenters. The Bertz CT molecular complexity index is 465. The Labute approximate surface area is 87.9 Å². The molecule has 0 fully saturated rings. The summed E-state index contributed by atoms with van der Waals surface area (Å²) < 4.78 is 6.84. The van der Waals surface area contributed by atoms with Crippen molar-refractivity contribution in [2.75, 3.05) is 13.7 Å². The molecule has 2 heterocycles. The molecule has 2 aromatic rings. The normalized spacial score (nSPS) is 13.0. The quantitative estimate of drug-likeness (QED) is 0.806. The van der Waals surface area contributed by atoms with E-state index in [2.05, 4.69) is 10.1 Å². The van der Waals surface area contributed by atoms with E-state index >= 15 is 0 Å². The molecule has 0 aliphatic rings. The largest absolute Gasteiger partial charge is 0.480 e. The maximum absolute atomic E-state index is 5.62. The average Bonchev–Trinajstić information content (AvgIpc) is 2.70. The van der Waals surface area contributed by atoms with Crippen LogP contribution in [0.4, 0.5) is 0 Å². The fourth-order valence-corrected chi connectivity index (χ4v) is 1.44. The summed E-state index contributed by atoms with van der Waals surface area (Å²) in [5.74, 6) is 0.811. The van der Waals surface area contributed by atoms with E-state index in [0.29, 0.717) is 12.4 Å². The fourth-order valence-electron chi connectivity index (χ4n) is 1.44. The maximum Gasteiger partial charge on any atom is 0.231 e. The van der Waals surface area contributed by atoms with Crippen molar-refractivity contribution in [3.8, 4) is 5.88 Å². The molecule has 2 N–H and O–H groups in total. The zero-order valence-corrected chi connectivity index (χ0v) is 8.84. The lowest BCUT2D eigenvalue weighted by Gasteiger charge is -2.07. The summed E-state index contributed by atoms with van der Waals surface area (Å²) in [4.78, 5) is 4.25. The van der Waals surface area contributed by atoms with Gasteiger partial charge in [-0.3, -0.25) is 0 Å². The van der Waals surface area contributed by atoms with Crippen LogP contribution < -0.4 is 10.5 Å². The molecule has 2 aromatic heterocycles. The third kappa shape index (κ3) is 1.66. The van der Waals surface area contributed by atoms with Crippen LogP contribution >= 0.6 is 0 Å². The average molecular weight is 206 g/mol. The highest BCUT2D eigenvalue weighted by atomic mass is 16.5. The van der Waals surface area contributed by atoms with E-state index in [-0.39, 0.29) is 5.92 Å². The Morgan fingerprint density at radius 2 is 2.33 bits per heavy atom. The number of nitrogens with zero attached hydrogens (tertiary/aromatic N) is 3. The molecular formula is C10H14N4O. The lowest BCUT2D eigenvalue weighted by molar-refractivity contribution is 0.389. The van der Waals surface area contributed by atoms with Gasteiger partial charge in [-0.15, -0.1) is 5.10 Å². The molecule has 15 heavy (non-hydrogen) atoms. The van der Waals surface area contributed by atoms with Gasteiger partial charge in [0.1, 0.15) is 0 Å². The van der Waals surface area contributed by atoms with Gasteiger partial charge in [0.25, 0.3) is 0 Å². The number of hydrogen-bond acceptors (Lipinski definition) is 4. The highest BCUT2D eigenvalue weighted by molar-refractivity contribution is 5.40. The molecule has 0 amide bonds. The molecule has 5 nitrogen and oxygen atoms in total. The number of fused-ring (bicyclic) bond motifs is 1. The van der Waals surface area contributed by atoms with E-state index < -0.39 is 0 Å². The molecule has 0 aliphatic heterocycles. The van der Waals surface area contributed by atoms with Crippen molar-refractivity contribution in [3.63, 3.8) is 0 Å². The van der Waals surface area contributed by atoms with Gasteiger partial charge < -0.3 is 10.5 Å². The van der Waals surface area contributed by atoms with E-state index in [9.17, 15) is 0 Å². The van der Waals surface area contributed by atoms with Crippen LogP contribution in [0, 0.1) is 0 Å². The Balaban J connectivity index is 2.56. The van der Waals surface area contributed by atoms with Crippen LogP contribution in [-0.4, -0.2) is 28.3 Å². The third-order valence-electron chi connectivity index (χ3n) is 2.43. The molecule has 0 saturated heterocycles. The topological polar surface area (TPSA) is 65.4 Å². The first kappa shape index (κ1) is 9.92. The number of rotatable bonds is 3. The van der Waals surface area contributed by atoms with Gasteiger partial charge in [0.15, 0.2) is 5.65 Å². The van der Waals surface area contributed by atoms with Crippen molar-refractivity contribution in [1.29, 1.82) is 0 Å². The van der Waals surface area contributed by atoms with E-state index in [1.165, 1.54) is 0 Å². The lowest BCUT2D eigenvalue weighted by Crippen LogP contribution is -2.12. The second kappa shape index (κ2) is 3.86. The van der Waals surface area contributed by atoms with Crippen LogP contribution in [0.15, 0.2) is 18.3 Å². The molecule has 0 saturated carbocycles. The van der Waals surface area contributed by atoms with E-state index in [4.69, 9.17) is 10.5 Å². The van der Waals surface area contributed by atoms with Crippen molar-refractivity contribution in [3.05, 3.63) is 24.0 Å². The summed E-state index contributed by atoms with van der Waals surface area (Å²) in [7, 11) is 1.59. The SMILES string of the molecule is COc1ccc2ncc(C(C)CN)n2n1. The molecule has 80 valence electrons. The lowest BCUT2D eigenvalue weighted by atomic mass is 10.1. The fraction of sp³-hybridized carbons (Fsp3) is 0.400. The minimum atomic E-state index is 0.236. The highest BCUT2D eigenvalue weighted by Crippen LogP contribution is 2.16. The predicted molar refractivity (Wildman–Crippen MR) is 57.0 cm³/mol. The van der Waals surface area contributed by atoms with Crippen LogP contribution in [0.5, 0.6) is 5.88 Å². The zero-order valence-electron chi connectivity index (χ0n) is 8.84. The van der Waals surface area contributed by atoms with E-state index in [0.717, 1.165) is 11.3 Å². The minimum absolute atomic E-state index is 0.236. The Morgan fingerprint density at radius 1 is 1.53 bits per heavy atom. The first-order valence-electron chi connectivity index (χ1n) is 4.85. The van der Waals surface area contributed by atoms with Crippen molar-refractivity contribution < 1.29 is 4.74 Å².